The van der Waals surface area contributed by atoms with E-state index in [4.69, 9.17) is 24.3 Å². The summed E-state index contributed by atoms with van der Waals surface area (Å²) >= 11 is 0. The predicted molar refractivity (Wildman–Crippen MR) is 144 cm³/mol. The second kappa shape index (κ2) is 12.1. The zero-order chi connectivity index (χ0) is 28.1. The molecule has 0 radical (unpaired) electrons. The molecule has 1 fully saturated rings. The Morgan fingerprint density at radius 3 is 2.65 bits per heavy atom. The molecule has 1 aliphatic heterocycles. The van der Waals surface area contributed by atoms with Crippen LogP contribution in [0.4, 0.5) is 5.82 Å². The third kappa shape index (κ3) is 6.46. The van der Waals surface area contributed by atoms with Gasteiger partial charge in [0.2, 0.25) is 0 Å². The third-order valence-corrected chi connectivity index (χ3v) is 7.80. The average molecular weight is 569 g/mol. The van der Waals surface area contributed by atoms with E-state index in [-0.39, 0.29) is 31.2 Å². The number of aromatic nitrogens is 4. The Hall–Kier alpha value is -3.87. The van der Waals surface area contributed by atoms with Crippen LogP contribution < -0.4 is 15.3 Å². The fraction of sp³-hybridized carbons (Fsp3) is 0.308. The Morgan fingerprint density at radius 2 is 1.90 bits per heavy atom. The molecule has 1 aliphatic rings. The number of aliphatic hydroxyl groups is 1. The summed E-state index contributed by atoms with van der Waals surface area (Å²) in [6, 6.07) is 16.6. The molecule has 3 heterocycles. The Kier molecular flexibility index (Phi) is 8.38. The number of nitrogens with zero attached hydrogens (tertiary/aromatic N) is 4. The van der Waals surface area contributed by atoms with Gasteiger partial charge in [0, 0.05) is 6.42 Å². The van der Waals surface area contributed by atoms with Crippen LogP contribution in [-0.4, -0.2) is 55.5 Å². The summed E-state index contributed by atoms with van der Waals surface area (Å²) in [4.78, 5) is 25.0. The van der Waals surface area contributed by atoms with Crippen LogP contribution in [0.5, 0.6) is 5.75 Å². The molecule has 0 saturated carbocycles. The number of esters is 1. The molecule has 0 spiro atoms. The number of aliphatic hydroxyl groups excluding tert-OH is 1. The van der Waals surface area contributed by atoms with Gasteiger partial charge in [0.1, 0.15) is 36.3 Å². The number of fused-ring (bicyclic) bond motifs is 1. The van der Waals surface area contributed by atoms with Crippen molar-refractivity contribution in [2.24, 2.45) is 0 Å². The van der Waals surface area contributed by atoms with E-state index in [1.807, 2.05) is 30.3 Å². The molecule has 40 heavy (non-hydrogen) atoms. The first-order valence-corrected chi connectivity index (χ1v) is 14.1. The van der Waals surface area contributed by atoms with Crippen LogP contribution in [0.15, 0.2) is 73.3 Å². The van der Waals surface area contributed by atoms with Crippen molar-refractivity contribution < 1.29 is 33.0 Å². The maximum atomic E-state index is 13.8. The maximum Gasteiger partial charge on any atom is 0.459 e. The fourth-order valence-electron chi connectivity index (χ4n) is 4.18. The lowest BCUT2D eigenvalue weighted by molar-refractivity contribution is -0.146. The number of para-hydroxylation sites is 1. The minimum atomic E-state index is -4.11. The highest BCUT2D eigenvalue weighted by molar-refractivity contribution is 7.52. The highest BCUT2D eigenvalue weighted by atomic mass is 31.2. The van der Waals surface area contributed by atoms with E-state index >= 15 is 0 Å². The van der Waals surface area contributed by atoms with Gasteiger partial charge in [0.15, 0.2) is 17.7 Å². The molecule has 2 aromatic carbocycles. The van der Waals surface area contributed by atoms with Crippen LogP contribution in [0.2, 0.25) is 0 Å². The molecule has 0 amide bonds. The topological polar surface area (TPSA) is 173 Å². The number of rotatable bonds is 11. The average Bonchev–Trinajstić information content (AvgIpc) is 3.55. The van der Waals surface area contributed by atoms with Gasteiger partial charge in [-0.3, -0.25) is 13.9 Å². The van der Waals surface area contributed by atoms with Crippen LogP contribution in [0.3, 0.4) is 0 Å². The van der Waals surface area contributed by atoms with Crippen molar-refractivity contribution >= 4 is 30.7 Å². The first kappa shape index (κ1) is 27.7. The van der Waals surface area contributed by atoms with Crippen molar-refractivity contribution in [2.45, 2.75) is 44.4 Å². The lowest BCUT2D eigenvalue weighted by atomic mass is 10.2. The van der Waals surface area contributed by atoms with E-state index in [9.17, 15) is 14.5 Å². The fourth-order valence-corrected chi connectivity index (χ4v) is 5.70. The summed E-state index contributed by atoms with van der Waals surface area (Å²) in [5.74, 6) is -0.154. The van der Waals surface area contributed by atoms with E-state index in [0.29, 0.717) is 11.2 Å². The van der Waals surface area contributed by atoms with Crippen molar-refractivity contribution in [2.75, 3.05) is 12.3 Å². The van der Waals surface area contributed by atoms with Crippen molar-refractivity contribution in [3.8, 4) is 5.75 Å². The molecule has 5 atom stereocenters. The summed E-state index contributed by atoms with van der Waals surface area (Å²) in [5, 5.41) is 13.4. The van der Waals surface area contributed by atoms with Gasteiger partial charge in [-0.25, -0.2) is 19.5 Å². The predicted octanol–water partition coefficient (Wildman–Crippen LogP) is 2.98. The largest absolute Gasteiger partial charge is 0.460 e. The van der Waals surface area contributed by atoms with E-state index in [0.717, 1.165) is 5.56 Å². The van der Waals surface area contributed by atoms with Crippen LogP contribution in [0, 0.1) is 0 Å². The Bertz CT molecular complexity index is 1490. The van der Waals surface area contributed by atoms with Gasteiger partial charge < -0.3 is 24.8 Å². The summed E-state index contributed by atoms with van der Waals surface area (Å²) in [6.45, 7) is 1.35. The number of benzene rings is 2. The number of nitrogen functional groups attached to an aromatic ring is 1. The lowest BCUT2D eigenvalue weighted by Crippen LogP contribution is -2.35. The number of hydrogen-bond acceptors (Lipinski definition) is 11. The molecule has 2 aromatic heterocycles. The SMILES string of the molecule is C[C@H](NP(=O)(OC[C@@H]1CC(O)[C@H](n2cnc3c(N)ncnc32)O1)Oc1ccccc1)C(=O)OCc1ccccc1. The molecule has 13 nitrogen and oxygen atoms in total. The number of ether oxygens (including phenoxy) is 2. The molecule has 4 aromatic rings. The monoisotopic (exact) mass is 568 g/mol. The van der Waals surface area contributed by atoms with Crippen molar-refractivity contribution in [3.63, 3.8) is 0 Å². The molecule has 0 aliphatic carbocycles. The minimum absolute atomic E-state index is 0.0606. The standard InChI is InChI=1S/C26H29N6O7P/c1-17(26(34)36-13-18-8-4-2-5-9-18)31-40(35,39-19-10-6-3-7-11-19)37-14-20-12-21(33)25(38-20)32-16-30-22-23(27)28-15-29-24(22)32/h2-11,15-17,20-21,25,33H,12-14H2,1H3,(H,31,35)(H2,27,28,29)/t17-,20-,21?,25+,40?/m0/s1. The van der Waals surface area contributed by atoms with Crippen LogP contribution in [-0.2, 0) is 30.0 Å². The van der Waals surface area contributed by atoms with Crippen molar-refractivity contribution in [1.82, 2.24) is 24.6 Å². The van der Waals surface area contributed by atoms with E-state index in [1.165, 1.54) is 19.6 Å². The van der Waals surface area contributed by atoms with E-state index < -0.39 is 38.2 Å². The zero-order valence-electron chi connectivity index (χ0n) is 21.6. The number of carbonyl (C=O) groups is 1. The van der Waals surface area contributed by atoms with Gasteiger partial charge in [0.25, 0.3) is 0 Å². The normalized spacial score (nSPS) is 21.1. The second-order valence-corrected chi connectivity index (χ2v) is 10.9. The molecule has 14 heteroatoms. The number of hydrogen-bond donors (Lipinski definition) is 3. The Labute approximate surface area is 229 Å². The lowest BCUT2D eigenvalue weighted by Gasteiger charge is -2.24. The number of carbonyl (C=O) groups excluding carboxylic acids is 1. The summed E-state index contributed by atoms with van der Waals surface area (Å²) in [7, 11) is -4.11. The summed E-state index contributed by atoms with van der Waals surface area (Å²) in [5.41, 5.74) is 7.47. The maximum absolute atomic E-state index is 13.8. The van der Waals surface area contributed by atoms with Crippen LogP contribution >= 0.6 is 7.75 Å². The Morgan fingerprint density at radius 1 is 1.18 bits per heavy atom. The molecular formula is C26H29N6O7P. The van der Waals surface area contributed by atoms with Crippen molar-refractivity contribution in [3.05, 3.63) is 78.9 Å². The molecule has 2 unspecified atom stereocenters. The van der Waals surface area contributed by atoms with Crippen LogP contribution in [0.25, 0.3) is 11.2 Å². The van der Waals surface area contributed by atoms with Crippen molar-refractivity contribution in [1.29, 1.82) is 0 Å². The highest BCUT2D eigenvalue weighted by Crippen LogP contribution is 2.46. The minimum Gasteiger partial charge on any atom is -0.460 e. The van der Waals surface area contributed by atoms with Crippen LogP contribution in [0.1, 0.15) is 25.1 Å². The molecular weight excluding hydrogens is 539 g/mol. The molecule has 1 saturated heterocycles. The number of nitrogens with one attached hydrogen (secondary N) is 1. The third-order valence-electron chi connectivity index (χ3n) is 6.16. The molecule has 5 rings (SSSR count). The second-order valence-electron chi connectivity index (χ2n) is 9.18. The van der Waals surface area contributed by atoms with Gasteiger partial charge in [-0.05, 0) is 24.6 Å². The smallest absolute Gasteiger partial charge is 0.459 e. The number of imidazole rings is 1. The quantitative estimate of drug-likeness (QED) is 0.179. The zero-order valence-corrected chi connectivity index (χ0v) is 22.5. The van der Waals surface area contributed by atoms with Gasteiger partial charge in [-0.15, -0.1) is 0 Å². The summed E-state index contributed by atoms with van der Waals surface area (Å²) < 4.78 is 38.1. The first-order chi connectivity index (χ1) is 19.3. The molecule has 0 bridgehead atoms. The van der Waals surface area contributed by atoms with E-state index in [2.05, 4.69) is 20.0 Å². The van der Waals surface area contributed by atoms with Gasteiger partial charge >= 0.3 is 13.7 Å². The highest BCUT2D eigenvalue weighted by Gasteiger charge is 2.39. The molecule has 210 valence electrons. The number of anilines is 1. The number of nitrogens with two attached hydrogens (primary N) is 1. The Balaban J connectivity index is 1.25. The molecule has 4 N–H and O–H groups in total. The van der Waals surface area contributed by atoms with Gasteiger partial charge in [0.05, 0.1) is 19.0 Å². The summed E-state index contributed by atoms with van der Waals surface area (Å²) in [6.07, 6.45) is 0.503. The van der Waals surface area contributed by atoms with E-state index in [1.54, 1.807) is 34.9 Å². The first-order valence-electron chi connectivity index (χ1n) is 12.6. The van der Waals surface area contributed by atoms with Gasteiger partial charge in [-0.2, -0.15) is 5.09 Å². The van der Waals surface area contributed by atoms with Gasteiger partial charge in [-0.1, -0.05) is 48.5 Å².